The molecule has 28 heavy (non-hydrogen) atoms. The van der Waals surface area contributed by atoms with Crippen molar-refractivity contribution in [3.63, 3.8) is 0 Å². The first-order valence-electron chi connectivity index (χ1n) is 8.38. The van der Waals surface area contributed by atoms with Gasteiger partial charge < -0.3 is 15.0 Å². The molecule has 0 atom stereocenters. The van der Waals surface area contributed by atoms with Crippen LogP contribution in [0.3, 0.4) is 0 Å². The second-order valence-corrected chi connectivity index (χ2v) is 6.96. The highest BCUT2D eigenvalue weighted by Gasteiger charge is 2.12. The van der Waals surface area contributed by atoms with Crippen LogP contribution in [0.1, 0.15) is 10.5 Å². The zero-order chi connectivity index (χ0) is 20.1. The predicted octanol–water partition coefficient (Wildman–Crippen LogP) is 3.67. The van der Waals surface area contributed by atoms with E-state index in [4.69, 9.17) is 4.74 Å². The van der Waals surface area contributed by atoms with E-state index >= 15 is 0 Å². The summed E-state index contributed by atoms with van der Waals surface area (Å²) in [5.41, 5.74) is 1.60. The van der Waals surface area contributed by atoms with Crippen LogP contribution >= 0.6 is 11.3 Å². The fourth-order valence-corrected chi connectivity index (χ4v) is 3.01. The molecule has 0 aliphatic carbocycles. The van der Waals surface area contributed by atoms with Crippen molar-refractivity contribution in [3.8, 4) is 16.3 Å². The average molecular weight is 399 g/mol. The van der Waals surface area contributed by atoms with Crippen molar-refractivity contribution in [2.45, 2.75) is 0 Å². The maximum Gasteiger partial charge on any atom is 0.275 e. The Morgan fingerprint density at radius 2 is 1.79 bits per heavy atom. The number of carbonyl (C=O) groups is 2. The number of carbonyl (C=O) groups excluding carboxylic acids is 2. The van der Waals surface area contributed by atoms with Gasteiger partial charge in [0.25, 0.3) is 11.8 Å². The van der Waals surface area contributed by atoms with Gasteiger partial charge in [-0.05, 0) is 48.5 Å². The van der Waals surface area contributed by atoms with Gasteiger partial charge in [-0.25, -0.2) is 9.37 Å². The molecule has 2 aromatic carbocycles. The summed E-state index contributed by atoms with van der Waals surface area (Å²) >= 11 is 1.31. The molecule has 0 saturated carbocycles. The molecule has 144 valence electrons. The van der Waals surface area contributed by atoms with Crippen molar-refractivity contribution in [1.29, 1.82) is 0 Å². The second kappa shape index (κ2) is 8.62. The van der Waals surface area contributed by atoms with Crippen molar-refractivity contribution in [3.05, 3.63) is 65.4 Å². The van der Waals surface area contributed by atoms with E-state index in [-0.39, 0.29) is 29.9 Å². The van der Waals surface area contributed by atoms with Gasteiger partial charge in [-0.1, -0.05) is 0 Å². The van der Waals surface area contributed by atoms with Crippen LogP contribution in [0.4, 0.5) is 10.1 Å². The first kappa shape index (κ1) is 19.5. The largest absolute Gasteiger partial charge is 0.484 e. The fourth-order valence-electron chi connectivity index (χ4n) is 2.21. The van der Waals surface area contributed by atoms with Crippen LogP contribution in [-0.4, -0.2) is 42.4 Å². The molecule has 3 rings (SSSR count). The minimum Gasteiger partial charge on any atom is -0.484 e. The molecular formula is C20H18FN3O3S. The van der Waals surface area contributed by atoms with Gasteiger partial charge in [-0.2, -0.15) is 0 Å². The number of thiazole rings is 1. The zero-order valence-electron chi connectivity index (χ0n) is 15.3. The Kier molecular flexibility index (Phi) is 6.00. The molecule has 1 heterocycles. The summed E-state index contributed by atoms with van der Waals surface area (Å²) in [5, 5.41) is 5.05. The lowest BCUT2D eigenvalue weighted by Crippen LogP contribution is -2.27. The van der Waals surface area contributed by atoms with Crippen LogP contribution < -0.4 is 10.1 Å². The van der Waals surface area contributed by atoms with Gasteiger partial charge in [0.15, 0.2) is 6.61 Å². The highest BCUT2D eigenvalue weighted by molar-refractivity contribution is 7.13. The molecule has 2 amide bonds. The Morgan fingerprint density at radius 3 is 2.43 bits per heavy atom. The number of nitrogens with one attached hydrogen (secondary N) is 1. The number of hydrogen-bond acceptors (Lipinski definition) is 5. The van der Waals surface area contributed by atoms with Crippen LogP contribution in [0.25, 0.3) is 10.6 Å². The number of amides is 2. The summed E-state index contributed by atoms with van der Waals surface area (Å²) in [6, 6.07) is 12.7. The number of halogens is 1. The van der Waals surface area contributed by atoms with E-state index in [9.17, 15) is 14.0 Å². The quantitative estimate of drug-likeness (QED) is 0.687. The number of ether oxygens (including phenoxy) is 1. The van der Waals surface area contributed by atoms with Gasteiger partial charge in [0.2, 0.25) is 0 Å². The molecule has 0 spiro atoms. The van der Waals surface area contributed by atoms with E-state index in [1.54, 1.807) is 55.9 Å². The average Bonchev–Trinajstić information content (AvgIpc) is 3.18. The Hall–Kier alpha value is -3.26. The third-order valence-corrected chi connectivity index (χ3v) is 4.69. The summed E-state index contributed by atoms with van der Waals surface area (Å²) in [4.78, 5) is 29.7. The van der Waals surface area contributed by atoms with Crippen molar-refractivity contribution in [2.24, 2.45) is 0 Å². The van der Waals surface area contributed by atoms with Crippen LogP contribution in [-0.2, 0) is 4.79 Å². The summed E-state index contributed by atoms with van der Waals surface area (Å²) in [5.74, 6) is -0.281. The molecule has 0 saturated heterocycles. The van der Waals surface area contributed by atoms with E-state index < -0.39 is 0 Å². The van der Waals surface area contributed by atoms with Gasteiger partial charge in [0.05, 0.1) is 0 Å². The van der Waals surface area contributed by atoms with Gasteiger partial charge in [-0.3, -0.25) is 9.59 Å². The maximum absolute atomic E-state index is 13.0. The SMILES string of the molecule is CN(C)C(=O)COc1ccc(NC(=O)c2csc(-c3ccc(F)cc3)n2)cc1. The van der Waals surface area contributed by atoms with Gasteiger partial charge in [0, 0.05) is 30.7 Å². The third-order valence-electron chi connectivity index (χ3n) is 3.80. The van der Waals surface area contributed by atoms with Crippen molar-refractivity contribution in [1.82, 2.24) is 9.88 Å². The van der Waals surface area contributed by atoms with Gasteiger partial charge in [0.1, 0.15) is 22.3 Å². The lowest BCUT2D eigenvalue weighted by Gasteiger charge is -2.11. The normalized spacial score (nSPS) is 10.4. The molecule has 0 aliphatic heterocycles. The Labute approximate surface area is 165 Å². The first-order valence-corrected chi connectivity index (χ1v) is 9.26. The summed E-state index contributed by atoms with van der Waals surface area (Å²) in [7, 11) is 3.31. The molecular weight excluding hydrogens is 381 g/mol. The number of rotatable bonds is 6. The minimum absolute atomic E-state index is 0.0519. The number of nitrogens with zero attached hydrogens (tertiary/aromatic N) is 2. The molecule has 6 nitrogen and oxygen atoms in total. The Bertz CT molecular complexity index is 969. The second-order valence-electron chi connectivity index (χ2n) is 6.10. The third kappa shape index (κ3) is 4.92. The lowest BCUT2D eigenvalue weighted by molar-refractivity contribution is -0.130. The monoisotopic (exact) mass is 399 g/mol. The van der Waals surface area contributed by atoms with E-state index in [1.807, 2.05) is 0 Å². The van der Waals surface area contributed by atoms with E-state index in [0.717, 1.165) is 5.56 Å². The highest BCUT2D eigenvalue weighted by Crippen LogP contribution is 2.24. The topological polar surface area (TPSA) is 71.5 Å². The van der Waals surface area contributed by atoms with E-state index in [2.05, 4.69) is 10.3 Å². The minimum atomic E-state index is -0.346. The molecule has 0 aliphatic rings. The number of likely N-dealkylation sites (N-methyl/N-ethyl adjacent to an activating group) is 1. The van der Waals surface area contributed by atoms with Crippen LogP contribution in [0.2, 0.25) is 0 Å². The Balaban J connectivity index is 1.60. The zero-order valence-corrected chi connectivity index (χ0v) is 16.1. The molecule has 0 fully saturated rings. The van der Waals surface area contributed by atoms with Crippen LogP contribution in [0.15, 0.2) is 53.9 Å². The van der Waals surface area contributed by atoms with Gasteiger partial charge >= 0.3 is 0 Å². The highest BCUT2D eigenvalue weighted by atomic mass is 32.1. The van der Waals surface area contributed by atoms with Crippen molar-refractivity contribution < 1.29 is 18.7 Å². The Morgan fingerprint density at radius 1 is 1.11 bits per heavy atom. The fraction of sp³-hybridized carbons (Fsp3) is 0.150. The maximum atomic E-state index is 13.0. The molecule has 0 radical (unpaired) electrons. The number of hydrogen-bond donors (Lipinski definition) is 1. The molecule has 0 unspecified atom stereocenters. The first-order chi connectivity index (χ1) is 13.4. The molecule has 0 bridgehead atoms. The summed E-state index contributed by atoms with van der Waals surface area (Å²) < 4.78 is 18.4. The number of benzene rings is 2. The standard InChI is InChI=1S/C20H18FN3O3S/c1-24(2)18(25)11-27-16-9-7-15(8-10-16)22-19(26)17-12-28-20(23-17)13-3-5-14(21)6-4-13/h3-10,12H,11H2,1-2H3,(H,22,26). The predicted molar refractivity (Wildman–Crippen MR) is 106 cm³/mol. The number of aromatic nitrogens is 1. The van der Waals surface area contributed by atoms with Crippen molar-refractivity contribution in [2.75, 3.05) is 26.0 Å². The van der Waals surface area contributed by atoms with Crippen LogP contribution in [0, 0.1) is 5.82 Å². The molecule has 1 aromatic heterocycles. The summed E-state index contributed by atoms with van der Waals surface area (Å²) in [6.07, 6.45) is 0. The van der Waals surface area contributed by atoms with E-state index in [0.29, 0.717) is 16.4 Å². The van der Waals surface area contributed by atoms with Gasteiger partial charge in [-0.15, -0.1) is 11.3 Å². The van der Waals surface area contributed by atoms with Crippen LogP contribution in [0.5, 0.6) is 5.75 Å². The summed E-state index contributed by atoms with van der Waals surface area (Å²) in [6.45, 7) is -0.0519. The molecule has 1 N–H and O–H groups in total. The molecule has 3 aromatic rings. The lowest BCUT2D eigenvalue weighted by atomic mass is 10.2. The van der Waals surface area contributed by atoms with Crippen molar-refractivity contribution >= 4 is 28.8 Å². The molecule has 8 heteroatoms. The smallest absolute Gasteiger partial charge is 0.275 e. The number of anilines is 1. The van der Waals surface area contributed by atoms with E-state index in [1.165, 1.54) is 28.4 Å².